The van der Waals surface area contributed by atoms with Crippen molar-refractivity contribution in [1.82, 2.24) is 5.32 Å². The Balaban J connectivity index is 2.34. The first-order valence-corrected chi connectivity index (χ1v) is 7.48. The fraction of sp³-hybridized carbons (Fsp3) is 0.375. The van der Waals surface area contributed by atoms with Gasteiger partial charge in [0.05, 0.1) is 0 Å². The summed E-state index contributed by atoms with van der Waals surface area (Å²) in [6.45, 7) is 7.71. The second-order valence-electron chi connectivity index (χ2n) is 4.65. The Morgan fingerprint density at radius 3 is 2.61 bits per heavy atom. The van der Waals surface area contributed by atoms with Gasteiger partial charge in [-0.3, -0.25) is 0 Å². The predicted octanol–water partition coefficient (Wildman–Crippen LogP) is 4.78. The highest BCUT2D eigenvalue weighted by atomic mass is 32.1. The third kappa shape index (κ3) is 2.82. The number of rotatable bonds is 5. The van der Waals surface area contributed by atoms with Gasteiger partial charge in [0.1, 0.15) is 0 Å². The van der Waals surface area contributed by atoms with Crippen molar-refractivity contribution in [2.24, 2.45) is 0 Å². The van der Waals surface area contributed by atoms with Crippen LogP contribution in [-0.4, -0.2) is 6.54 Å². The monoisotopic (exact) mass is 259 g/mol. The predicted molar refractivity (Wildman–Crippen MR) is 81.2 cm³/mol. The SMILES string of the molecule is CCCNC(C)c1ccccc1-c1ccsc1C. The van der Waals surface area contributed by atoms with Gasteiger partial charge in [-0.05, 0) is 54.9 Å². The number of hydrogen-bond acceptors (Lipinski definition) is 2. The van der Waals surface area contributed by atoms with Crippen LogP contribution in [0.25, 0.3) is 11.1 Å². The Kier molecular flexibility index (Phi) is 4.56. The van der Waals surface area contributed by atoms with E-state index < -0.39 is 0 Å². The Bertz CT molecular complexity index is 501. The van der Waals surface area contributed by atoms with E-state index in [1.807, 2.05) is 11.3 Å². The van der Waals surface area contributed by atoms with Crippen LogP contribution in [0.5, 0.6) is 0 Å². The summed E-state index contributed by atoms with van der Waals surface area (Å²) in [5, 5.41) is 5.75. The second kappa shape index (κ2) is 6.17. The number of hydrogen-bond donors (Lipinski definition) is 1. The molecule has 0 saturated carbocycles. The van der Waals surface area contributed by atoms with Crippen molar-refractivity contribution in [2.45, 2.75) is 33.2 Å². The molecule has 1 unspecified atom stereocenters. The highest BCUT2D eigenvalue weighted by Crippen LogP contribution is 2.32. The summed E-state index contributed by atoms with van der Waals surface area (Å²) in [6.07, 6.45) is 1.17. The normalized spacial score (nSPS) is 12.6. The average Bonchev–Trinajstić information content (AvgIpc) is 2.82. The van der Waals surface area contributed by atoms with Gasteiger partial charge in [0.15, 0.2) is 0 Å². The lowest BCUT2D eigenvalue weighted by Gasteiger charge is -2.17. The molecule has 2 aromatic rings. The quantitative estimate of drug-likeness (QED) is 0.814. The summed E-state index contributed by atoms with van der Waals surface area (Å²) in [4.78, 5) is 1.39. The van der Waals surface area contributed by atoms with Crippen molar-refractivity contribution >= 4 is 11.3 Å². The summed E-state index contributed by atoms with van der Waals surface area (Å²) in [7, 11) is 0. The van der Waals surface area contributed by atoms with Gasteiger partial charge in [0.25, 0.3) is 0 Å². The van der Waals surface area contributed by atoms with Gasteiger partial charge in [-0.25, -0.2) is 0 Å². The first kappa shape index (κ1) is 13.3. The number of nitrogens with one attached hydrogen (secondary N) is 1. The van der Waals surface area contributed by atoms with Gasteiger partial charge in [0.2, 0.25) is 0 Å². The molecule has 0 bridgehead atoms. The lowest BCUT2D eigenvalue weighted by molar-refractivity contribution is 0.572. The molecule has 2 rings (SSSR count). The molecule has 1 aromatic heterocycles. The molecule has 1 heterocycles. The van der Waals surface area contributed by atoms with Gasteiger partial charge in [-0.1, -0.05) is 31.2 Å². The summed E-state index contributed by atoms with van der Waals surface area (Å²) < 4.78 is 0. The molecule has 0 aliphatic carbocycles. The van der Waals surface area contributed by atoms with Crippen molar-refractivity contribution in [1.29, 1.82) is 0 Å². The van der Waals surface area contributed by atoms with Crippen LogP contribution in [0.4, 0.5) is 0 Å². The zero-order chi connectivity index (χ0) is 13.0. The molecule has 18 heavy (non-hydrogen) atoms. The fourth-order valence-corrected chi connectivity index (χ4v) is 2.97. The minimum Gasteiger partial charge on any atom is -0.310 e. The third-order valence-corrected chi connectivity index (χ3v) is 4.12. The Labute approximate surface area is 114 Å². The van der Waals surface area contributed by atoms with Crippen molar-refractivity contribution < 1.29 is 0 Å². The highest BCUT2D eigenvalue weighted by molar-refractivity contribution is 7.10. The number of benzene rings is 1. The maximum absolute atomic E-state index is 3.57. The van der Waals surface area contributed by atoms with Crippen molar-refractivity contribution in [3.05, 3.63) is 46.2 Å². The van der Waals surface area contributed by atoms with Crippen LogP contribution in [0.2, 0.25) is 0 Å². The molecule has 0 fully saturated rings. The van der Waals surface area contributed by atoms with E-state index in [4.69, 9.17) is 0 Å². The van der Waals surface area contributed by atoms with Crippen LogP contribution in [0, 0.1) is 6.92 Å². The van der Waals surface area contributed by atoms with Crippen LogP contribution in [0.1, 0.15) is 36.8 Å². The zero-order valence-electron chi connectivity index (χ0n) is 11.4. The maximum atomic E-state index is 3.57. The summed E-state index contributed by atoms with van der Waals surface area (Å²) in [5.74, 6) is 0. The first-order chi connectivity index (χ1) is 8.74. The van der Waals surface area contributed by atoms with E-state index in [-0.39, 0.29) is 0 Å². The molecule has 0 saturated heterocycles. The fourth-order valence-electron chi connectivity index (χ4n) is 2.26. The van der Waals surface area contributed by atoms with Gasteiger partial charge in [-0.2, -0.15) is 0 Å². The first-order valence-electron chi connectivity index (χ1n) is 6.60. The molecule has 0 spiro atoms. The van der Waals surface area contributed by atoms with E-state index in [0.29, 0.717) is 6.04 Å². The van der Waals surface area contributed by atoms with E-state index in [0.717, 1.165) is 6.54 Å². The molecule has 1 aromatic carbocycles. The van der Waals surface area contributed by atoms with E-state index in [1.165, 1.54) is 28.0 Å². The molecule has 0 aliphatic rings. The number of aryl methyl sites for hydroxylation is 1. The summed E-state index contributed by atoms with van der Waals surface area (Å²) in [5.41, 5.74) is 4.14. The standard InChI is InChI=1S/C16H21NS/c1-4-10-17-12(2)14-7-5-6-8-16(14)15-9-11-18-13(15)3/h5-9,11-12,17H,4,10H2,1-3H3. The molecular formula is C16H21NS. The molecule has 1 atom stereocenters. The largest absolute Gasteiger partial charge is 0.310 e. The Morgan fingerprint density at radius 2 is 1.94 bits per heavy atom. The summed E-state index contributed by atoms with van der Waals surface area (Å²) >= 11 is 1.82. The van der Waals surface area contributed by atoms with Crippen LogP contribution in [0.3, 0.4) is 0 Å². The maximum Gasteiger partial charge on any atom is 0.0297 e. The molecule has 96 valence electrons. The third-order valence-electron chi connectivity index (χ3n) is 3.28. The molecule has 0 amide bonds. The van der Waals surface area contributed by atoms with E-state index in [9.17, 15) is 0 Å². The molecule has 1 N–H and O–H groups in total. The van der Waals surface area contributed by atoms with E-state index >= 15 is 0 Å². The second-order valence-corrected chi connectivity index (χ2v) is 5.77. The number of thiophene rings is 1. The van der Waals surface area contributed by atoms with E-state index in [1.54, 1.807) is 0 Å². The average molecular weight is 259 g/mol. The smallest absolute Gasteiger partial charge is 0.0297 e. The van der Waals surface area contributed by atoms with Crippen molar-refractivity contribution in [3.8, 4) is 11.1 Å². The van der Waals surface area contributed by atoms with Gasteiger partial charge >= 0.3 is 0 Å². The van der Waals surface area contributed by atoms with Gasteiger partial charge < -0.3 is 5.32 Å². The van der Waals surface area contributed by atoms with Crippen LogP contribution >= 0.6 is 11.3 Å². The van der Waals surface area contributed by atoms with Crippen LogP contribution in [-0.2, 0) is 0 Å². The van der Waals surface area contributed by atoms with Crippen molar-refractivity contribution in [3.63, 3.8) is 0 Å². The molecular weight excluding hydrogens is 238 g/mol. The van der Waals surface area contributed by atoms with Crippen molar-refractivity contribution in [2.75, 3.05) is 6.54 Å². The lowest BCUT2D eigenvalue weighted by atomic mass is 9.96. The molecule has 0 aliphatic heterocycles. The summed E-state index contributed by atoms with van der Waals surface area (Å²) in [6, 6.07) is 11.4. The van der Waals surface area contributed by atoms with Crippen LogP contribution in [0.15, 0.2) is 35.7 Å². The molecule has 0 radical (unpaired) electrons. The minimum absolute atomic E-state index is 0.403. The highest BCUT2D eigenvalue weighted by Gasteiger charge is 2.12. The Hall–Kier alpha value is -1.12. The molecule has 2 heteroatoms. The van der Waals surface area contributed by atoms with Gasteiger partial charge in [-0.15, -0.1) is 11.3 Å². The topological polar surface area (TPSA) is 12.0 Å². The molecule has 1 nitrogen and oxygen atoms in total. The zero-order valence-corrected chi connectivity index (χ0v) is 12.2. The van der Waals surface area contributed by atoms with E-state index in [2.05, 4.69) is 61.8 Å². The van der Waals surface area contributed by atoms with Crippen LogP contribution < -0.4 is 5.32 Å². The Morgan fingerprint density at radius 1 is 1.17 bits per heavy atom. The minimum atomic E-state index is 0.403. The lowest BCUT2D eigenvalue weighted by Crippen LogP contribution is -2.19. The van der Waals surface area contributed by atoms with Gasteiger partial charge in [0, 0.05) is 10.9 Å².